The van der Waals surface area contributed by atoms with Crippen LogP contribution >= 0.6 is 0 Å². The van der Waals surface area contributed by atoms with Crippen LogP contribution < -0.4 is 15.4 Å². The van der Waals surface area contributed by atoms with E-state index < -0.39 is 0 Å². The lowest BCUT2D eigenvalue weighted by Crippen LogP contribution is -2.44. The molecule has 1 fully saturated rings. The fraction of sp³-hybridized carbons (Fsp3) is 0.462. The number of piperidine rings is 1. The predicted molar refractivity (Wildman–Crippen MR) is 125 cm³/mol. The standard InChI is InChI=1S/C26H36FN3O/c1-4-5-16-31-26-10-6-22(7-11-26)18-29-21(3)30(25-12-14-28-15-13-25)19-23-8-9-24(27)17-20(23)2/h6-11,17,25,28-29H,3-5,12-16,18-19H2,1-2H3. The highest BCUT2D eigenvalue weighted by Crippen LogP contribution is 2.22. The Balaban J connectivity index is 1.62. The van der Waals surface area contributed by atoms with E-state index in [4.69, 9.17) is 4.74 Å². The number of hydrogen-bond donors (Lipinski definition) is 2. The molecule has 0 amide bonds. The van der Waals surface area contributed by atoms with E-state index in [-0.39, 0.29) is 5.82 Å². The minimum Gasteiger partial charge on any atom is -0.494 e. The lowest BCUT2D eigenvalue weighted by atomic mass is 10.0. The van der Waals surface area contributed by atoms with Gasteiger partial charge in [0.1, 0.15) is 11.6 Å². The van der Waals surface area contributed by atoms with Crippen molar-refractivity contribution in [2.24, 2.45) is 0 Å². The van der Waals surface area contributed by atoms with E-state index in [0.717, 1.165) is 74.6 Å². The molecule has 1 saturated heterocycles. The van der Waals surface area contributed by atoms with Crippen LogP contribution in [0.5, 0.6) is 5.75 Å². The van der Waals surface area contributed by atoms with Gasteiger partial charge in [0.05, 0.1) is 12.4 Å². The maximum Gasteiger partial charge on any atom is 0.123 e. The molecule has 2 aromatic carbocycles. The highest BCUT2D eigenvalue weighted by atomic mass is 19.1. The molecule has 1 aliphatic heterocycles. The topological polar surface area (TPSA) is 36.5 Å². The second-order valence-electron chi connectivity index (χ2n) is 8.33. The number of unbranched alkanes of at least 4 members (excludes halogenated alkanes) is 1. The van der Waals surface area contributed by atoms with Crippen LogP contribution in [0.1, 0.15) is 49.3 Å². The molecule has 4 nitrogen and oxygen atoms in total. The van der Waals surface area contributed by atoms with Gasteiger partial charge in [0.15, 0.2) is 0 Å². The second-order valence-corrected chi connectivity index (χ2v) is 8.33. The average Bonchev–Trinajstić information content (AvgIpc) is 2.78. The first-order valence-corrected chi connectivity index (χ1v) is 11.4. The van der Waals surface area contributed by atoms with E-state index in [1.54, 1.807) is 12.1 Å². The Morgan fingerprint density at radius 3 is 2.61 bits per heavy atom. The normalized spacial score (nSPS) is 14.3. The van der Waals surface area contributed by atoms with Crippen LogP contribution in [-0.2, 0) is 13.1 Å². The van der Waals surface area contributed by atoms with Crippen LogP contribution in [0.25, 0.3) is 0 Å². The van der Waals surface area contributed by atoms with Gasteiger partial charge in [-0.1, -0.05) is 38.1 Å². The lowest BCUT2D eigenvalue weighted by Gasteiger charge is -2.38. The first-order chi connectivity index (χ1) is 15.1. The number of benzene rings is 2. The summed E-state index contributed by atoms with van der Waals surface area (Å²) in [5, 5.41) is 6.95. The van der Waals surface area contributed by atoms with E-state index in [1.165, 1.54) is 5.56 Å². The number of halogens is 1. The minimum atomic E-state index is -0.186. The lowest BCUT2D eigenvalue weighted by molar-refractivity contribution is 0.187. The molecule has 0 atom stereocenters. The van der Waals surface area contributed by atoms with E-state index in [9.17, 15) is 4.39 Å². The zero-order chi connectivity index (χ0) is 22.1. The maximum absolute atomic E-state index is 13.6. The molecule has 0 saturated carbocycles. The Morgan fingerprint density at radius 2 is 1.94 bits per heavy atom. The van der Waals surface area contributed by atoms with Crippen molar-refractivity contribution in [2.45, 2.75) is 58.7 Å². The largest absolute Gasteiger partial charge is 0.494 e. The molecule has 0 unspecified atom stereocenters. The van der Waals surface area contributed by atoms with Gasteiger partial charge in [-0.15, -0.1) is 0 Å². The van der Waals surface area contributed by atoms with Gasteiger partial charge >= 0.3 is 0 Å². The van der Waals surface area contributed by atoms with Crippen LogP contribution in [0.4, 0.5) is 4.39 Å². The van der Waals surface area contributed by atoms with Crippen molar-refractivity contribution in [1.29, 1.82) is 0 Å². The third kappa shape index (κ3) is 7.00. The number of nitrogens with zero attached hydrogens (tertiary/aromatic N) is 1. The molecular formula is C26H36FN3O. The Morgan fingerprint density at radius 1 is 1.19 bits per heavy atom. The molecule has 1 heterocycles. The SMILES string of the molecule is C=C(NCc1ccc(OCCCC)cc1)N(Cc1ccc(F)cc1C)C1CCNCC1. The van der Waals surface area contributed by atoms with Crippen LogP contribution in [0.2, 0.25) is 0 Å². The predicted octanol–water partition coefficient (Wildman–Crippen LogP) is 5.13. The summed E-state index contributed by atoms with van der Waals surface area (Å²) in [6, 6.07) is 13.7. The first-order valence-electron chi connectivity index (χ1n) is 11.4. The highest BCUT2D eigenvalue weighted by molar-refractivity contribution is 5.28. The Kier molecular flexibility index (Phi) is 8.77. The molecule has 0 aliphatic carbocycles. The Labute approximate surface area is 186 Å². The van der Waals surface area contributed by atoms with Crippen LogP contribution in [-0.4, -0.2) is 30.6 Å². The van der Waals surface area contributed by atoms with Gasteiger partial charge in [-0.25, -0.2) is 4.39 Å². The summed E-state index contributed by atoms with van der Waals surface area (Å²) in [6.45, 7) is 12.7. The third-order valence-electron chi connectivity index (χ3n) is 5.93. The summed E-state index contributed by atoms with van der Waals surface area (Å²) in [4.78, 5) is 2.35. The van der Waals surface area contributed by atoms with Crippen molar-refractivity contribution >= 4 is 0 Å². The molecule has 1 aliphatic rings. The number of ether oxygens (including phenoxy) is 1. The van der Waals surface area contributed by atoms with Crippen LogP contribution in [0.3, 0.4) is 0 Å². The highest BCUT2D eigenvalue weighted by Gasteiger charge is 2.23. The summed E-state index contributed by atoms with van der Waals surface area (Å²) in [5.41, 5.74) is 3.30. The van der Waals surface area contributed by atoms with E-state index in [2.05, 4.69) is 41.2 Å². The van der Waals surface area contributed by atoms with Gasteiger partial charge in [0.25, 0.3) is 0 Å². The molecule has 0 bridgehead atoms. The van der Waals surface area contributed by atoms with E-state index >= 15 is 0 Å². The number of rotatable bonds is 11. The van der Waals surface area contributed by atoms with Crippen molar-refractivity contribution in [3.63, 3.8) is 0 Å². The third-order valence-corrected chi connectivity index (χ3v) is 5.93. The molecule has 0 spiro atoms. The summed E-state index contributed by atoms with van der Waals surface area (Å²) < 4.78 is 19.3. The second kappa shape index (κ2) is 11.8. The van der Waals surface area contributed by atoms with Gasteiger partial charge in [-0.3, -0.25) is 0 Å². The molecular weight excluding hydrogens is 389 g/mol. The fourth-order valence-corrected chi connectivity index (χ4v) is 3.93. The van der Waals surface area contributed by atoms with Crippen molar-refractivity contribution in [3.05, 3.63) is 77.4 Å². The summed E-state index contributed by atoms with van der Waals surface area (Å²) in [6.07, 6.45) is 4.35. The molecule has 5 heteroatoms. The number of aryl methyl sites for hydroxylation is 1. The van der Waals surface area contributed by atoms with Gasteiger partial charge in [0.2, 0.25) is 0 Å². The zero-order valence-corrected chi connectivity index (χ0v) is 18.9. The van der Waals surface area contributed by atoms with Crippen LogP contribution in [0.15, 0.2) is 54.9 Å². The van der Waals surface area contributed by atoms with Gasteiger partial charge < -0.3 is 20.3 Å². The average molecular weight is 426 g/mol. The smallest absolute Gasteiger partial charge is 0.123 e. The van der Waals surface area contributed by atoms with Crippen molar-refractivity contribution in [2.75, 3.05) is 19.7 Å². The first kappa shape index (κ1) is 23.1. The molecule has 31 heavy (non-hydrogen) atoms. The van der Waals surface area contributed by atoms with E-state index in [1.807, 2.05) is 25.1 Å². The van der Waals surface area contributed by atoms with Crippen LogP contribution in [0, 0.1) is 12.7 Å². The molecule has 0 aromatic heterocycles. The van der Waals surface area contributed by atoms with Crippen molar-refractivity contribution < 1.29 is 9.13 Å². The quantitative estimate of drug-likeness (QED) is 0.490. The van der Waals surface area contributed by atoms with Gasteiger partial charge in [0, 0.05) is 19.1 Å². The fourth-order valence-electron chi connectivity index (χ4n) is 3.93. The molecule has 168 valence electrons. The van der Waals surface area contributed by atoms with Crippen molar-refractivity contribution in [3.8, 4) is 5.75 Å². The molecule has 0 radical (unpaired) electrons. The monoisotopic (exact) mass is 425 g/mol. The van der Waals surface area contributed by atoms with Crippen molar-refractivity contribution in [1.82, 2.24) is 15.5 Å². The summed E-state index contributed by atoms with van der Waals surface area (Å²) >= 11 is 0. The molecule has 3 rings (SSSR count). The number of nitrogens with one attached hydrogen (secondary N) is 2. The van der Waals surface area contributed by atoms with Gasteiger partial charge in [-0.05, 0) is 80.2 Å². The minimum absolute atomic E-state index is 0.186. The summed E-state index contributed by atoms with van der Waals surface area (Å²) in [7, 11) is 0. The summed E-state index contributed by atoms with van der Waals surface area (Å²) in [5.74, 6) is 1.65. The van der Waals surface area contributed by atoms with Gasteiger partial charge in [-0.2, -0.15) is 0 Å². The maximum atomic E-state index is 13.6. The zero-order valence-electron chi connectivity index (χ0n) is 18.9. The molecule has 2 N–H and O–H groups in total. The van der Waals surface area contributed by atoms with E-state index in [0.29, 0.717) is 12.6 Å². The molecule has 2 aromatic rings. The number of hydrogen-bond acceptors (Lipinski definition) is 4. The Bertz CT molecular complexity index is 831. The Hall–Kier alpha value is -2.53.